The second kappa shape index (κ2) is 14.8. The van der Waals surface area contributed by atoms with E-state index in [4.69, 9.17) is 9.84 Å². The van der Waals surface area contributed by atoms with Crippen LogP contribution in [0.3, 0.4) is 0 Å². The number of ether oxygens (including phenoxy) is 1. The van der Waals surface area contributed by atoms with Crippen molar-refractivity contribution < 1.29 is 33.8 Å². The Labute approximate surface area is 233 Å². The molecule has 1 heterocycles. The third-order valence-corrected chi connectivity index (χ3v) is 6.07. The van der Waals surface area contributed by atoms with Gasteiger partial charge in [-0.2, -0.15) is 0 Å². The number of rotatable bonds is 14. The molecule has 0 aliphatic carbocycles. The molecule has 12 nitrogen and oxygen atoms in total. The van der Waals surface area contributed by atoms with Gasteiger partial charge < -0.3 is 30.8 Å². The fourth-order valence-electron chi connectivity index (χ4n) is 3.89. The van der Waals surface area contributed by atoms with Gasteiger partial charge in [0, 0.05) is 19.0 Å². The van der Waals surface area contributed by atoms with Crippen LogP contribution in [0.25, 0.3) is 0 Å². The van der Waals surface area contributed by atoms with Crippen molar-refractivity contribution in [2.45, 2.75) is 84.0 Å². The lowest BCUT2D eigenvalue weighted by molar-refractivity contribution is -0.142. The van der Waals surface area contributed by atoms with Gasteiger partial charge in [0.25, 0.3) is 0 Å². The number of amides is 3. The number of hydrogen-bond donors (Lipinski definition) is 5. The molecule has 0 aliphatic heterocycles. The van der Waals surface area contributed by atoms with Gasteiger partial charge in [0.15, 0.2) is 5.78 Å². The Morgan fingerprint density at radius 2 is 1.60 bits per heavy atom. The van der Waals surface area contributed by atoms with Gasteiger partial charge in [-0.15, -0.1) is 0 Å². The predicted molar refractivity (Wildman–Crippen MR) is 146 cm³/mol. The maximum absolute atomic E-state index is 13.5. The van der Waals surface area contributed by atoms with Crippen molar-refractivity contribution in [3.63, 3.8) is 0 Å². The molecule has 1 aromatic carbocycles. The van der Waals surface area contributed by atoms with Crippen molar-refractivity contribution in [1.29, 1.82) is 0 Å². The fraction of sp³-hybridized carbons (Fsp3) is 0.500. The second-order valence-corrected chi connectivity index (χ2v) is 10.6. The molecule has 1 aromatic heterocycles. The number of carboxylic acid groups (broad SMARTS) is 1. The van der Waals surface area contributed by atoms with Crippen molar-refractivity contribution in [2.24, 2.45) is 5.92 Å². The minimum Gasteiger partial charge on any atom is -0.481 e. The third-order valence-electron chi connectivity index (χ3n) is 6.07. The highest BCUT2D eigenvalue weighted by atomic mass is 16.6. The maximum atomic E-state index is 13.5. The van der Waals surface area contributed by atoms with E-state index < -0.39 is 59.8 Å². The number of carboxylic acids is 1. The van der Waals surface area contributed by atoms with Crippen LogP contribution in [-0.2, 0) is 36.8 Å². The maximum Gasteiger partial charge on any atom is 0.408 e. The first-order valence-corrected chi connectivity index (χ1v) is 13.1. The monoisotopic (exact) mass is 557 g/mol. The number of aromatic amines is 1. The molecule has 0 saturated carbocycles. The summed E-state index contributed by atoms with van der Waals surface area (Å²) in [5, 5.41) is 17.0. The third kappa shape index (κ3) is 10.9. The lowest BCUT2D eigenvalue weighted by atomic mass is 9.93. The first kappa shape index (κ1) is 32.0. The topological polar surface area (TPSA) is 180 Å². The first-order valence-electron chi connectivity index (χ1n) is 13.1. The fourth-order valence-corrected chi connectivity index (χ4v) is 3.89. The summed E-state index contributed by atoms with van der Waals surface area (Å²) in [6.07, 6.45) is 2.05. The van der Waals surface area contributed by atoms with E-state index in [9.17, 15) is 24.0 Å². The number of aliphatic carboxylic acids is 1. The van der Waals surface area contributed by atoms with E-state index in [-0.39, 0.29) is 18.8 Å². The van der Waals surface area contributed by atoms with Crippen molar-refractivity contribution >= 4 is 29.7 Å². The van der Waals surface area contributed by atoms with E-state index in [0.717, 1.165) is 5.56 Å². The largest absolute Gasteiger partial charge is 0.481 e. The van der Waals surface area contributed by atoms with Gasteiger partial charge in [-0.3, -0.25) is 19.2 Å². The molecule has 40 heavy (non-hydrogen) atoms. The number of imidazole rings is 1. The Morgan fingerprint density at radius 1 is 0.975 bits per heavy atom. The van der Waals surface area contributed by atoms with Gasteiger partial charge in [-0.25, -0.2) is 9.78 Å². The molecular formula is C28H39N5O7. The Kier molecular flexibility index (Phi) is 11.8. The zero-order valence-corrected chi connectivity index (χ0v) is 23.5. The van der Waals surface area contributed by atoms with Crippen LogP contribution in [0.5, 0.6) is 0 Å². The molecule has 3 amide bonds. The van der Waals surface area contributed by atoms with E-state index in [2.05, 4.69) is 25.9 Å². The summed E-state index contributed by atoms with van der Waals surface area (Å²) in [6, 6.07) is 5.69. The van der Waals surface area contributed by atoms with E-state index >= 15 is 0 Å². The number of alkyl carbamates (subject to hydrolysis) is 1. The average molecular weight is 558 g/mol. The van der Waals surface area contributed by atoms with Crippen LogP contribution >= 0.6 is 0 Å². The second-order valence-electron chi connectivity index (χ2n) is 10.6. The Hall–Kier alpha value is -4.22. The molecule has 4 atom stereocenters. The lowest BCUT2D eigenvalue weighted by Crippen LogP contribution is -2.58. The molecule has 1 unspecified atom stereocenters. The normalized spacial score (nSPS) is 14.2. The van der Waals surface area contributed by atoms with Crippen molar-refractivity contribution in [3.8, 4) is 0 Å². The van der Waals surface area contributed by atoms with Gasteiger partial charge in [0.2, 0.25) is 11.8 Å². The minimum atomic E-state index is -1.30. The summed E-state index contributed by atoms with van der Waals surface area (Å²) >= 11 is 0. The first-order chi connectivity index (χ1) is 18.8. The summed E-state index contributed by atoms with van der Waals surface area (Å²) in [5.41, 5.74) is 0.438. The molecule has 2 rings (SSSR count). The molecule has 218 valence electrons. The molecule has 0 radical (unpaired) electrons. The van der Waals surface area contributed by atoms with Gasteiger partial charge in [-0.05, 0) is 32.3 Å². The van der Waals surface area contributed by atoms with Crippen LogP contribution in [0, 0.1) is 5.92 Å². The number of carbonyl (C=O) groups excluding carboxylic acids is 4. The molecule has 2 aromatic rings. The number of nitrogens with one attached hydrogen (secondary N) is 4. The van der Waals surface area contributed by atoms with E-state index in [1.54, 1.807) is 58.2 Å². The van der Waals surface area contributed by atoms with Crippen LogP contribution < -0.4 is 16.0 Å². The smallest absolute Gasteiger partial charge is 0.408 e. The quantitative estimate of drug-likeness (QED) is 0.219. The average Bonchev–Trinajstić information content (AvgIpc) is 3.38. The van der Waals surface area contributed by atoms with Gasteiger partial charge in [-0.1, -0.05) is 50.6 Å². The number of H-pyrrole nitrogens is 1. The molecule has 12 heteroatoms. The van der Waals surface area contributed by atoms with Crippen molar-refractivity contribution in [1.82, 2.24) is 25.9 Å². The standard InChI is InChI=1S/C28H39N5O7/c1-6-17(2)24(22(34)14-23(35)36)33-26(38)21(13-19-15-29-16-30-19)31-25(37)20(12-18-10-8-7-9-11-18)32-27(39)40-28(3,4)5/h7-11,15-17,20-21,24H,6,12-14H2,1-5H3,(H,29,30)(H,31,37)(H,32,39)(H,33,38)(H,35,36)/t17?,20-,21-,24-/m0/s1. The summed E-state index contributed by atoms with van der Waals surface area (Å²) in [6.45, 7) is 8.64. The summed E-state index contributed by atoms with van der Waals surface area (Å²) in [4.78, 5) is 70.2. The zero-order chi connectivity index (χ0) is 29.9. The number of carbonyl (C=O) groups is 5. The van der Waals surface area contributed by atoms with Crippen LogP contribution in [0.1, 0.15) is 58.7 Å². The molecule has 5 N–H and O–H groups in total. The zero-order valence-electron chi connectivity index (χ0n) is 23.5. The number of ketones is 1. The van der Waals surface area contributed by atoms with Crippen molar-refractivity contribution in [2.75, 3.05) is 0 Å². The number of benzene rings is 1. The summed E-state index contributed by atoms with van der Waals surface area (Å²) < 4.78 is 5.33. The predicted octanol–water partition coefficient (Wildman–Crippen LogP) is 2.15. The molecule has 0 saturated heterocycles. The number of Topliss-reactive ketones (excluding diaryl/α,β-unsaturated/α-hetero) is 1. The molecular weight excluding hydrogens is 518 g/mol. The molecule has 0 bridgehead atoms. The lowest BCUT2D eigenvalue weighted by Gasteiger charge is -2.27. The number of aromatic nitrogens is 2. The van der Waals surface area contributed by atoms with Crippen LogP contribution in [0.15, 0.2) is 42.9 Å². The van der Waals surface area contributed by atoms with E-state index in [1.165, 1.54) is 6.33 Å². The highest BCUT2D eigenvalue weighted by molar-refractivity contribution is 6.00. The van der Waals surface area contributed by atoms with Gasteiger partial charge in [0.05, 0.1) is 18.1 Å². The van der Waals surface area contributed by atoms with Crippen molar-refractivity contribution in [3.05, 3.63) is 54.1 Å². The van der Waals surface area contributed by atoms with Gasteiger partial charge >= 0.3 is 12.1 Å². The summed E-state index contributed by atoms with van der Waals surface area (Å²) in [7, 11) is 0. The molecule has 0 aliphatic rings. The van der Waals surface area contributed by atoms with E-state index in [0.29, 0.717) is 12.1 Å². The van der Waals surface area contributed by atoms with Crippen LogP contribution in [-0.4, -0.2) is 68.5 Å². The Balaban J connectivity index is 2.31. The molecule has 0 fully saturated rings. The van der Waals surface area contributed by atoms with Crippen LogP contribution in [0.4, 0.5) is 4.79 Å². The minimum absolute atomic E-state index is 0.0219. The SMILES string of the molecule is CCC(C)[C@H](NC(=O)[C@H](Cc1c[nH]cn1)NC(=O)[C@H](Cc1ccccc1)NC(=O)OC(C)(C)C)C(=O)CC(=O)O. The molecule has 0 spiro atoms. The highest BCUT2D eigenvalue weighted by Gasteiger charge is 2.33. The van der Waals surface area contributed by atoms with Gasteiger partial charge in [0.1, 0.15) is 24.1 Å². The number of hydrogen-bond acceptors (Lipinski definition) is 7. The summed E-state index contributed by atoms with van der Waals surface area (Å²) in [5.74, 6) is -3.63. The number of nitrogens with zero attached hydrogens (tertiary/aromatic N) is 1. The Bertz CT molecular complexity index is 1150. The Morgan fingerprint density at radius 3 is 2.15 bits per heavy atom. The van der Waals surface area contributed by atoms with E-state index in [1.807, 2.05) is 13.0 Å². The van der Waals surface area contributed by atoms with Crippen LogP contribution in [0.2, 0.25) is 0 Å². The highest BCUT2D eigenvalue weighted by Crippen LogP contribution is 2.13.